The molecule has 136 valence electrons. The Bertz CT molecular complexity index is 556. The smallest absolute Gasteiger partial charge is 0.119 e. The van der Waals surface area contributed by atoms with Crippen molar-refractivity contribution >= 4 is 0 Å². The third-order valence-electron chi connectivity index (χ3n) is 4.53. The normalized spacial score (nSPS) is 11.0. The first-order valence-electron chi connectivity index (χ1n) is 9.99. The lowest BCUT2D eigenvalue weighted by Gasteiger charge is -2.09. The van der Waals surface area contributed by atoms with E-state index in [0.717, 1.165) is 12.4 Å². The maximum Gasteiger partial charge on any atom is 0.119 e. The lowest BCUT2D eigenvalue weighted by Crippen LogP contribution is -2.04. The van der Waals surface area contributed by atoms with Crippen LogP contribution in [0.1, 0.15) is 63.5 Å². The van der Waals surface area contributed by atoms with Gasteiger partial charge in [-0.2, -0.15) is 0 Å². The van der Waals surface area contributed by atoms with Crippen LogP contribution in [0.3, 0.4) is 0 Å². The Labute approximate surface area is 154 Å². The Hall–Kier alpha value is -1.76. The molecule has 1 nitrogen and oxygen atoms in total. The molecule has 0 aromatic heterocycles. The van der Waals surface area contributed by atoms with Crippen LogP contribution in [-0.2, 0) is 12.8 Å². The van der Waals surface area contributed by atoms with Crippen molar-refractivity contribution in [2.75, 3.05) is 6.61 Å². The lowest BCUT2D eigenvalue weighted by molar-refractivity contribution is 0.271. The molecular formula is C24H34O. The molecule has 0 aliphatic heterocycles. The zero-order chi connectivity index (χ0) is 17.7. The van der Waals surface area contributed by atoms with Gasteiger partial charge < -0.3 is 4.74 Å². The summed E-state index contributed by atoms with van der Waals surface area (Å²) in [5.41, 5.74) is 2.91. The number of rotatable bonds is 12. The highest BCUT2D eigenvalue weighted by atomic mass is 16.5. The molecule has 1 heteroatoms. The summed E-state index contributed by atoms with van der Waals surface area (Å²) in [5.74, 6) is 1.57. The molecule has 2 aromatic carbocycles. The van der Waals surface area contributed by atoms with Crippen molar-refractivity contribution < 1.29 is 4.74 Å². The van der Waals surface area contributed by atoms with Crippen molar-refractivity contribution in [2.45, 2.75) is 65.2 Å². The number of hydrogen-bond acceptors (Lipinski definition) is 1. The Morgan fingerprint density at radius 3 is 1.72 bits per heavy atom. The highest BCUT2D eigenvalue weighted by molar-refractivity contribution is 5.27. The third-order valence-corrected chi connectivity index (χ3v) is 4.53. The summed E-state index contributed by atoms with van der Waals surface area (Å²) in [6.07, 6.45) is 10.5. The first-order chi connectivity index (χ1) is 12.2. The van der Waals surface area contributed by atoms with Gasteiger partial charge in [-0.05, 0) is 54.9 Å². The average molecular weight is 339 g/mol. The van der Waals surface area contributed by atoms with Crippen molar-refractivity contribution in [3.05, 3.63) is 65.7 Å². The van der Waals surface area contributed by atoms with E-state index in [-0.39, 0.29) is 0 Å². The quantitative estimate of drug-likeness (QED) is 0.385. The van der Waals surface area contributed by atoms with Crippen LogP contribution in [-0.4, -0.2) is 6.61 Å². The van der Waals surface area contributed by atoms with Crippen LogP contribution in [0.4, 0.5) is 0 Å². The van der Waals surface area contributed by atoms with E-state index in [0.29, 0.717) is 5.92 Å². The summed E-state index contributed by atoms with van der Waals surface area (Å²) >= 11 is 0. The molecule has 0 aliphatic rings. The summed E-state index contributed by atoms with van der Waals surface area (Å²) in [6.45, 7) is 5.15. The Morgan fingerprint density at radius 1 is 0.640 bits per heavy atom. The predicted octanol–water partition coefficient (Wildman–Crippen LogP) is 6.85. The van der Waals surface area contributed by atoms with Crippen LogP contribution in [0.2, 0.25) is 0 Å². The van der Waals surface area contributed by atoms with Crippen molar-refractivity contribution in [2.24, 2.45) is 5.92 Å². The van der Waals surface area contributed by atoms with E-state index in [1.54, 1.807) is 0 Å². The minimum atomic E-state index is 0.576. The maximum absolute atomic E-state index is 5.73. The first-order valence-corrected chi connectivity index (χ1v) is 9.99. The van der Waals surface area contributed by atoms with E-state index in [4.69, 9.17) is 4.74 Å². The monoisotopic (exact) mass is 338 g/mol. The van der Waals surface area contributed by atoms with Crippen molar-refractivity contribution in [1.29, 1.82) is 0 Å². The van der Waals surface area contributed by atoms with Gasteiger partial charge in [-0.25, -0.2) is 0 Å². The lowest BCUT2D eigenvalue weighted by atomic mass is 10.0. The second-order valence-corrected chi connectivity index (χ2v) is 7.46. The van der Waals surface area contributed by atoms with Crippen LogP contribution in [0.5, 0.6) is 5.75 Å². The van der Waals surface area contributed by atoms with E-state index in [9.17, 15) is 0 Å². The van der Waals surface area contributed by atoms with E-state index >= 15 is 0 Å². The Morgan fingerprint density at radius 2 is 1.16 bits per heavy atom. The molecule has 0 bridgehead atoms. The number of hydrogen-bond donors (Lipinski definition) is 0. The highest BCUT2D eigenvalue weighted by Gasteiger charge is 1.99. The number of aryl methyl sites for hydroxylation is 2. The SMILES string of the molecule is CC(C)COc1ccc(CCCCCCCCc2ccccc2)cc1. The molecule has 0 saturated heterocycles. The van der Waals surface area contributed by atoms with E-state index in [2.05, 4.69) is 68.4 Å². The van der Waals surface area contributed by atoms with Crippen LogP contribution in [0, 0.1) is 5.92 Å². The zero-order valence-corrected chi connectivity index (χ0v) is 16.0. The molecule has 2 aromatic rings. The molecule has 0 atom stereocenters. The summed E-state index contributed by atoms with van der Waals surface area (Å²) < 4.78 is 5.73. The molecule has 0 fully saturated rings. The summed E-state index contributed by atoms with van der Waals surface area (Å²) in [5, 5.41) is 0. The van der Waals surface area contributed by atoms with Gasteiger partial charge in [0, 0.05) is 0 Å². The van der Waals surface area contributed by atoms with E-state index in [1.165, 1.54) is 62.5 Å². The molecule has 2 rings (SSSR count). The molecule has 0 heterocycles. The van der Waals surface area contributed by atoms with Gasteiger partial charge in [0.1, 0.15) is 5.75 Å². The molecule has 0 aliphatic carbocycles. The minimum absolute atomic E-state index is 0.576. The second kappa shape index (κ2) is 11.7. The fraction of sp³-hybridized carbons (Fsp3) is 0.500. The van der Waals surface area contributed by atoms with Crippen molar-refractivity contribution in [1.82, 2.24) is 0 Å². The molecule has 0 unspecified atom stereocenters. The van der Waals surface area contributed by atoms with Crippen molar-refractivity contribution in [3.63, 3.8) is 0 Å². The van der Waals surface area contributed by atoms with Gasteiger partial charge in [-0.15, -0.1) is 0 Å². The summed E-state index contributed by atoms with van der Waals surface area (Å²) in [6, 6.07) is 19.5. The highest BCUT2D eigenvalue weighted by Crippen LogP contribution is 2.16. The number of benzene rings is 2. The van der Waals surface area contributed by atoms with Gasteiger partial charge in [-0.1, -0.05) is 82.0 Å². The van der Waals surface area contributed by atoms with Crippen molar-refractivity contribution in [3.8, 4) is 5.75 Å². The predicted molar refractivity (Wildman–Crippen MR) is 108 cm³/mol. The van der Waals surface area contributed by atoms with Crippen LogP contribution >= 0.6 is 0 Å². The molecule has 0 saturated carbocycles. The Kier molecular flexibility index (Phi) is 9.18. The fourth-order valence-corrected chi connectivity index (χ4v) is 3.03. The first kappa shape index (κ1) is 19.6. The molecule has 0 spiro atoms. The molecule has 0 N–H and O–H groups in total. The number of unbranched alkanes of at least 4 members (excludes halogenated alkanes) is 5. The summed E-state index contributed by atoms with van der Waals surface area (Å²) in [4.78, 5) is 0. The molecule has 0 radical (unpaired) electrons. The zero-order valence-electron chi connectivity index (χ0n) is 16.0. The fourth-order valence-electron chi connectivity index (χ4n) is 3.03. The third kappa shape index (κ3) is 8.77. The molecule has 0 amide bonds. The number of ether oxygens (including phenoxy) is 1. The molecular weight excluding hydrogens is 304 g/mol. The summed E-state index contributed by atoms with van der Waals surface area (Å²) in [7, 11) is 0. The van der Waals surface area contributed by atoms with Gasteiger partial charge >= 0.3 is 0 Å². The maximum atomic E-state index is 5.73. The van der Waals surface area contributed by atoms with Gasteiger partial charge in [0.05, 0.1) is 6.61 Å². The van der Waals surface area contributed by atoms with Crippen LogP contribution in [0.25, 0.3) is 0 Å². The van der Waals surface area contributed by atoms with Gasteiger partial charge in [0.25, 0.3) is 0 Å². The van der Waals surface area contributed by atoms with Gasteiger partial charge in [-0.3, -0.25) is 0 Å². The second-order valence-electron chi connectivity index (χ2n) is 7.46. The van der Waals surface area contributed by atoms with Crippen LogP contribution < -0.4 is 4.74 Å². The largest absolute Gasteiger partial charge is 0.493 e. The van der Waals surface area contributed by atoms with Gasteiger partial charge in [0.15, 0.2) is 0 Å². The van der Waals surface area contributed by atoms with Gasteiger partial charge in [0.2, 0.25) is 0 Å². The Balaban J connectivity index is 1.48. The average Bonchev–Trinajstić information content (AvgIpc) is 2.64. The topological polar surface area (TPSA) is 9.23 Å². The van der Waals surface area contributed by atoms with E-state index in [1.807, 2.05) is 0 Å². The molecule has 25 heavy (non-hydrogen) atoms. The standard InChI is InChI=1S/C24H34O/c1-21(2)20-25-24-18-16-23(17-19-24)15-9-6-4-3-5-8-12-22-13-10-7-11-14-22/h7,10-11,13-14,16-19,21H,3-6,8-9,12,15,20H2,1-2H3. The minimum Gasteiger partial charge on any atom is -0.493 e. The van der Waals surface area contributed by atoms with E-state index < -0.39 is 0 Å². The van der Waals surface area contributed by atoms with Crippen LogP contribution in [0.15, 0.2) is 54.6 Å².